The van der Waals surface area contributed by atoms with Crippen LogP contribution in [-0.2, 0) is 4.79 Å². The summed E-state index contributed by atoms with van der Waals surface area (Å²) in [5.41, 5.74) is 4.72. The van der Waals surface area contributed by atoms with Gasteiger partial charge in [0.25, 0.3) is 5.91 Å². The molecule has 0 aromatic carbocycles. The minimum absolute atomic E-state index is 0.0501. The summed E-state index contributed by atoms with van der Waals surface area (Å²) >= 11 is 5.95. The third kappa shape index (κ3) is 4.40. The maximum absolute atomic E-state index is 12.0. The molecule has 0 aliphatic rings. The fourth-order valence-corrected chi connectivity index (χ4v) is 1.87. The Kier molecular flexibility index (Phi) is 4.72. The Hall–Kier alpha value is -1.82. The number of primary amides is 1. The summed E-state index contributed by atoms with van der Waals surface area (Å²) < 4.78 is 0. The number of halogens is 1. The van der Waals surface area contributed by atoms with Crippen LogP contribution in [0.2, 0.25) is 5.02 Å². The summed E-state index contributed by atoms with van der Waals surface area (Å²) in [5.74, 6) is -0.343. The molecule has 7 heteroatoms. The lowest BCUT2D eigenvalue weighted by atomic mass is 10.00. The Morgan fingerprint density at radius 1 is 1.47 bits per heavy atom. The van der Waals surface area contributed by atoms with Crippen molar-refractivity contribution >= 4 is 29.2 Å². The van der Waals surface area contributed by atoms with Crippen molar-refractivity contribution < 1.29 is 9.59 Å². The molecule has 104 valence electrons. The molecule has 0 unspecified atom stereocenters. The number of amides is 2. The standard InChI is InChI=1S/C12H17ClN4O2/c1-12(2,5-9(14)18)17-11(19)7-4-8(13)10(15-3)16-6-7/h4,6H,5H2,1-3H3,(H2,14,18)(H,15,16)(H,17,19). The first-order valence-corrected chi connectivity index (χ1v) is 6.07. The molecule has 0 atom stereocenters. The van der Waals surface area contributed by atoms with Gasteiger partial charge in [-0.25, -0.2) is 4.98 Å². The van der Waals surface area contributed by atoms with E-state index in [1.54, 1.807) is 20.9 Å². The molecule has 1 aromatic rings. The first-order valence-electron chi connectivity index (χ1n) is 5.69. The van der Waals surface area contributed by atoms with Crippen molar-refractivity contribution in [2.75, 3.05) is 12.4 Å². The van der Waals surface area contributed by atoms with Gasteiger partial charge < -0.3 is 16.4 Å². The molecule has 6 nitrogen and oxygen atoms in total. The minimum Gasteiger partial charge on any atom is -0.372 e. The molecule has 0 saturated heterocycles. The molecule has 1 heterocycles. The summed E-state index contributed by atoms with van der Waals surface area (Å²) in [6, 6.07) is 1.51. The van der Waals surface area contributed by atoms with Crippen molar-refractivity contribution in [2.45, 2.75) is 25.8 Å². The number of aromatic nitrogens is 1. The van der Waals surface area contributed by atoms with Crippen LogP contribution in [0.5, 0.6) is 0 Å². The van der Waals surface area contributed by atoms with Crippen LogP contribution in [-0.4, -0.2) is 29.4 Å². The van der Waals surface area contributed by atoms with E-state index in [2.05, 4.69) is 15.6 Å². The molecule has 2 amide bonds. The number of pyridine rings is 1. The van der Waals surface area contributed by atoms with Crippen LogP contribution in [0.4, 0.5) is 5.82 Å². The highest BCUT2D eigenvalue weighted by molar-refractivity contribution is 6.33. The Bertz CT molecular complexity index is 503. The van der Waals surface area contributed by atoms with Gasteiger partial charge in [-0.2, -0.15) is 0 Å². The van der Waals surface area contributed by atoms with Gasteiger partial charge in [0.1, 0.15) is 5.82 Å². The zero-order chi connectivity index (χ0) is 14.6. The van der Waals surface area contributed by atoms with Crippen LogP contribution in [0.15, 0.2) is 12.3 Å². The maximum atomic E-state index is 12.0. The third-order valence-corrected chi connectivity index (χ3v) is 2.70. The van der Waals surface area contributed by atoms with E-state index in [1.165, 1.54) is 12.3 Å². The smallest absolute Gasteiger partial charge is 0.253 e. The fourth-order valence-electron chi connectivity index (χ4n) is 1.61. The van der Waals surface area contributed by atoms with Gasteiger partial charge in [0.2, 0.25) is 5.91 Å². The second-order valence-corrected chi connectivity index (χ2v) is 5.19. The first kappa shape index (κ1) is 15.2. The molecule has 0 aliphatic heterocycles. The molecule has 0 spiro atoms. The van der Waals surface area contributed by atoms with Gasteiger partial charge in [0.05, 0.1) is 10.6 Å². The normalized spacial score (nSPS) is 10.9. The number of nitrogens with one attached hydrogen (secondary N) is 2. The van der Waals surface area contributed by atoms with Crippen molar-refractivity contribution in [1.82, 2.24) is 10.3 Å². The highest BCUT2D eigenvalue weighted by atomic mass is 35.5. The van der Waals surface area contributed by atoms with Gasteiger partial charge >= 0.3 is 0 Å². The van der Waals surface area contributed by atoms with Crippen LogP contribution in [0.1, 0.15) is 30.6 Å². The Morgan fingerprint density at radius 2 is 2.11 bits per heavy atom. The van der Waals surface area contributed by atoms with Gasteiger partial charge in [-0.3, -0.25) is 9.59 Å². The van der Waals surface area contributed by atoms with E-state index < -0.39 is 11.4 Å². The third-order valence-electron chi connectivity index (χ3n) is 2.41. The number of hydrogen-bond acceptors (Lipinski definition) is 4. The van der Waals surface area contributed by atoms with Crippen molar-refractivity contribution in [3.63, 3.8) is 0 Å². The van der Waals surface area contributed by atoms with E-state index in [1.807, 2.05) is 0 Å². The molecular weight excluding hydrogens is 268 g/mol. The van der Waals surface area contributed by atoms with Crippen LogP contribution < -0.4 is 16.4 Å². The predicted molar refractivity (Wildman–Crippen MR) is 74.2 cm³/mol. The van der Waals surface area contributed by atoms with Crippen LogP contribution >= 0.6 is 11.6 Å². The van der Waals surface area contributed by atoms with Gasteiger partial charge in [-0.1, -0.05) is 11.6 Å². The topological polar surface area (TPSA) is 97.1 Å². The minimum atomic E-state index is -0.725. The molecule has 0 fully saturated rings. The average Bonchev–Trinajstić information content (AvgIpc) is 2.26. The molecule has 0 aliphatic carbocycles. The molecule has 1 rings (SSSR count). The largest absolute Gasteiger partial charge is 0.372 e. The lowest BCUT2D eigenvalue weighted by Crippen LogP contribution is -2.46. The van der Waals surface area contributed by atoms with Crippen molar-refractivity contribution in [1.29, 1.82) is 0 Å². The molecule has 1 aromatic heterocycles. The predicted octanol–water partition coefficient (Wildman–Crippen LogP) is 1.16. The van der Waals surface area contributed by atoms with Crippen LogP contribution in [0.3, 0.4) is 0 Å². The van der Waals surface area contributed by atoms with Gasteiger partial charge in [0, 0.05) is 25.2 Å². The van der Waals surface area contributed by atoms with E-state index in [9.17, 15) is 9.59 Å². The number of carbonyl (C=O) groups is 2. The van der Waals surface area contributed by atoms with E-state index in [0.717, 1.165) is 0 Å². The van der Waals surface area contributed by atoms with Crippen molar-refractivity contribution in [2.24, 2.45) is 5.73 Å². The molecule has 0 radical (unpaired) electrons. The zero-order valence-electron chi connectivity index (χ0n) is 11.1. The van der Waals surface area contributed by atoms with E-state index in [4.69, 9.17) is 17.3 Å². The highest BCUT2D eigenvalue weighted by Gasteiger charge is 2.23. The summed E-state index contributed by atoms with van der Waals surface area (Å²) in [7, 11) is 1.68. The number of hydrogen-bond donors (Lipinski definition) is 3. The number of nitrogens with two attached hydrogens (primary N) is 1. The highest BCUT2D eigenvalue weighted by Crippen LogP contribution is 2.20. The molecule has 4 N–H and O–H groups in total. The average molecular weight is 285 g/mol. The Labute approximate surface area is 116 Å². The van der Waals surface area contributed by atoms with Crippen molar-refractivity contribution in [3.8, 4) is 0 Å². The summed E-state index contributed by atoms with van der Waals surface area (Å²) in [5, 5.41) is 5.86. The van der Waals surface area contributed by atoms with Gasteiger partial charge in [-0.15, -0.1) is 0 Å². The van der Waals surface area contributed by atoms with Gasteiger partial charge in [-0.05, 0) is 19.9 Å². The number of rotatable bonds is 5. The van der Waals surface area contributed by atoms with Crippen LogP contribution in [0.25, 0.3) is 0 Å². The summed E-state index contributed by atoms with van der Waals surface area (Å²) in [6.07, 6.45) is 1.46. The van der Waals surface area contributed by atoms with Crippen molar-refractivity contribution in [3.05, 3.63) is 22.8 Å². The van der Waals surface area contributed by atoms with E-state index >= 15 is 0 Å². The van der Waals surface area contributed by atoms with E-state index in [0.29, 0.717) is 16.4 Å². The first-order chi connectivity index (χ1) is 8.75. The number of carbonyl (C=O) groups excluding carboxylic acids is 2. The lowest BCUT2D eigenvalue weighted by Gasteiger charge is -2.24. The van der Waals surface area contributed by atoms with E-state index in [-0.39, 0.29) is 12.3 Å². The molecule has 0 bridgehead atoms. The monoisotopic (exact) mass is 284 g/mol. The SMILES string of the molecule is CNc1ncc(C(=O)NC(C)(C)CC(N)=O)cc1Cl. The van der Waals surface area contributed by atoms with Gasteiger partial charge in [0.15, 0.2) is 0 Å². The number of anilines is 1. The fraction of sp³-hybridized carbons (Fsp3) is 0.417. The zero-order valence-corrected chi connectivity index (χ0v) is 11.8. The summed E-state index contributed by atoms with van der Waals surface area (Å²) in [4.78, 5) is 26.9. The quantitative estimate of drug-likeness (QED) is 0.756. The molecule has 0 saturated carbocycles. The molecule has 19 heavy (non-hydrogen) atoms. The second-order valence-electron chi connectivity index (χ2n) is 4.79. The molecular formula is C12H17ClN4O2. The Morgan fingerprint density at radius 3 is 2.58 bits per heavy atom. The maximum Gasteiger partial charge on any atom is 0.253 e. The second kappa shape index (κ2) is 5.88. The lowest BCUT2D eigenvalue weighted by molar-refractivity contribution is -0.119. The summed E-state index contributed by atoms with van der Waals surface area (Å²) in [6.45, 7) is 3.43. The number of nitrogens with zero attached hydrogens (tertiary/aromatic N) is 1. The Balaban J connectivity index is 2.84. The van der Waals surface area contributed by atoms with Crippen LogP contribution in [0, 0.1) is 0 Å².